The molecule has 0 saturated carbocycles. The third-order valence-electron chi connectivity index (χ3n) is 7.82. The fourth-order valence-electron chi connectivity index (χ4n) is 5.69. The van der Waals surface area contributed by atoms with E-state index in [-0.39, 0.29) is 46.2 Å². The van der Waals surface area contributed by atoms with Gasteiger partial charge in [0.15, 0.2) is 23.6 Å². The smallest absolute Gasteiger partial charge is 0.198 e. The summed E-state index contributed by atoms with van der Waals surface area (Å²) in [6, 6.07) is 4.08. The molecule has 2 aromatic carbocycles. The van der Waals surface area contributed by atoms with Gasteiger partial charge in [-0.15, -0.1) is 0 Å². The molecule has 5 rings (SSSR count). The van der Waals surface area contributed by atoms with Crippen LogP contribution < -0.4 is 5.73 Å². The van der Waals surface area contributed by atoms with Crippen molar-refractivity contribution < 1.29 is 44.3 Å². The number of aliphatic hydroxyl groups excluding tert-OH is 1. The van der Waals surface area contributed by atoms with Gasteiger partial charge in [0.05, 0.1) is 29.4 Å². The van der Waals surface area contributed by atoms with Crippen molar-refractivity contribution >= 4 is 17.3 Å². The molecule has 1 fully saturated rings. The Bertz CT molecular complexity index is 1340. The lowest BCUT2D eigenvalue weighted by atomic mass is 9.71. The summed E-state index contributed by atoms with van der Waals surface area (Å²) in [5.41, 5.74) is 4.00. The lowest BCUT2D eigenvalue weighted by Gasteiger charge is -2.42. The van der Waals surface area contributed by atoms with Crippen molar-refractivity contribution in [3.05, 3.63) is 57.1 Å². The second kappa shape index (κ2) is 8.71. The highest BCUT2D eigenvalue weighted by atomic mass is 16.7. The zero-order chi connectivity index (χ0) is 27.0. The van der Waals surface area contributed by atoms with Gasteiger partial charge < -0.3 is 35.6 Å². The molecule has 10 nitrogen and oxygen atoms in total. The van der Waals surface area contributed by atoms with Gasteiger partial charge in [-0.05, 0) is 26.3 Å². The number of Topliss-reactive ketones (excluding diaryl/α,β-unsaturated/α-hetero) is 1. The summed E-state index contributed by atoms with van der Waals surface area (Å²) in [7, 11) is 0. The van der Waals surface area contributed by atoms with Gasteiger partial charge in [-0.3, -0.25) is 14.4 Å². The average molecular weight is 512 g/mol. The molecule has 0 amide bonds. The minimum absolute atomic E-state index is 0.00342. The van der Waals surface area contributed by atoms with E-state index in [2.05, 4.69) is 0 Å². The highest BCUT2D eigenvalue weighted by Crippen LogP contribution is 2.52. The molecule has 1 aliphatic heterocycles. The number of carbonyl (C=O) groups is 3. The van der Waals surface area contributed by atoms with E-state index >= 15 is 0 Å². The Labute approximate surface area is 212 Å². The summed E-state index contributed by atoms with van der Waals surface area (Å²) in [4.78, 5) is 39.4. The van der Waals surface area contributed by atoms with Gasteiger partial charge in [-0.2, -0.15) is 0 Å². The fraction of sp³-hybridized carbons (Fsp3) is 0.444. The molecule has 2 aromatic rings. The average Bonchev–Trinajstić information content (AvgIpc) is 2.82. The van der Waals surface area contributed by atoms with E-state index in [9.17, 15) is 34.8 Å². The van der Waals surface area contributed by atoms with Crippen LogP contribution in [-0.4, -0.2) is 67.9 Å². The first-order valence-corrected chi connectivity index (χ1v) is 12.1. The van der Waals surface area contributed by atoms with Gasteiger partial charge in [0.1, 0.15) is 17.1 Å². The summed E-state index contributed by atoms with van der Waals surface area (Å²) in [6.45, 7) is 4.48. The summed E-state index contributed by atoms with van der Waals surface area (Å²) >= 11 is 0. The topological polar surface area (TPSA) is 177 Å². The number of aromatic hydroxyl groups is 2. The highest BCUT2D eigenvalue weighted by molar-refractivity contribution is 6.31. The molecule has 6 N–H and O–H groups in total. The van der Waals surface area contributed by atoms with E-state index in [0.717, 1.165) is 0 Å². The van der Waals surface area contributed by atoms with Crippen molar-refractivity contribution in [3.63, 3.8) is 0 Å². The van der Waals surface area contributed by atoms with Crippen LogP contribution in [0.4, 0.5) is 0 Å². The number of aliphatic hydroxyl groups is 2. The molecule has 1 heterocycles. The van der Waals surface area contributed by atoms with E-state index in [1.807, 2.05) is 0 Å². The number of phenolic OH excluding ortho intramolecular Hbond substituents is 2. The summed E-state index contributed by atoms with van der Waals surface area (Å²) in [5, 5.41) is 44.0. The van der Waals surface area contributed by atoms with E-state index < -0.39 is 71.5 Å². The van der Waals surface area contributed by atoms with Crippen molar-refractivity contribution in [2.75, 3.05) is 0 Å². The largest absolute Gasteiger partial charge is 0.507 e. The highest BCUT2D eigenvalue weighted by Gasteiger charge is 2.49. The third-order valence-corrected chi connectivity index (χ3v) is 7.82. The first kappa shape index (κ1) is 25.5. The molecular weight excluding hydrogens is 482 g/mol. The number of rotatable bonds is 3. The molecule has 10 heteroatoms. The lowest BCUT2D eigenvalue weighted by molar-refractivity contribution is -0.247. The van der Waals surface area contributed by atoms with E-state index in [1.165, 1.54) is 13.0 Å². The van der Waals surface area contributed by atoms with Crippen molar-refractivity contribution in [2.45, 2.75) is 76.3 Å². The number of hydrogen-bond acceptors (Lipinski definition) is 10. The van der Waals surface area contributed by atoms with Gasteiger partial charge in [0.25, 0.3) is 0 Å². The maximum absolute atomic E-state index is 13.6. The molecule has 0 spiro atoms. The molecule has 0 radical (unpaired) electrons. The van der Waals surface area contributed by atoms with Crippen LogP contribution in [0, 0.1) is 6.92 Å². The van der Waals surface area contributed by atoms with Crippen LogP contribution in [0.2, 0.25) is 0 Å². The van der Waals surface area contributed by atoms with Crippen LogP contribution >= 0.6 is 0 Å². The van der Waals surface area contributed by atoms with Gasteiger partial charge in [0.2, 0.25) is 0 Å². The van der Waals surface area contributed by atoms with Crippen LogP contribution in [0.15, 0.2) is 18.2 Å². The number of fused-ring (bicyclic) bond motifs is 3. The predicted molar refractivity (Wildman–Crippen MR) is 129 cm³/mol. The molecular formula is C27H29NO9. The predicted octanol–water partition coefficient (Wildman–Crippen LogP) is 1.33. The number of ketones is 3. The summed E-state index contributed by atoms with van der Waals surface area (Å²) in [6.07, 6.45) is -4.39. The summed E-state index contributed by atoms with van der Waals surface area (Å²) < 4.78 is 11.8. The van der Waals surface area contributed by atoms with E-state index in [4.69, 9.17) is 15.2 Å². The maximum atomic E-state index is 13.6. The van der Waals surface area contributed by atoms with Crippen LogP contribution in [0.1, 0.15) is 81.3 Å². The van der Waals surface area contributed by atoms with Gasteiger partial charge in [-0.25, -0.2) is 0 Å². The number of carbonyl (C=O) groups excluding carboxylic acids is 3. The molecule has 3 aliphatic rings. The number of ether oxygens (including phenoxy) is 2. The molecule has 0 aromatic heterocycles. The zero-order valence-corrected chi connectivity index (χ0v) is 20.6. The molecule has 196 valence electrons. The number of aryl methyl sites for hydroxylation is 1. The van der Waals surface area contributed by atoms with Gasteiger partial charge in [0, 0.05) is 47.6 Å². The first-order valence-electron chi connectivity index (χ1n) is 12.1. The molecule has 6 atom stereocenters. The first-order chi connectivity index (χ1) is 17.4. The van der Waals surface area contributed by atoms with Crippen molar-refractivity contribution in [3.8, 4) is 11.5 Å². The van der Waals surface area contributed by atoms with Crippen LogP contribution in [0.5, 0.6) is 11.5 Å². The molecule has 37 heavy (non-hydrogen) atoms. The summed E-state index contributed by atoms with van der Waals surface area (Å²) in [5.74, 6) is -3.03. The Morgan fingerprint density at radius 2 is 1.81 bits per heavy atom. The Kier molecular flexibility index (Phi) is 6.00. The van der Waals surface area contributed by atoms with Crippen LogP contribution in [0.3, 0.4) is 0 Å². The molecule has 0 bridgehead atoms. The van der Waals surface area contributed by atoms with Crippen molar-refractivity contribution in [1.82, 2.24) is 0 Å². The molecule has 1 unspecified atom stereocenters. The van der Waals surface area contributed by atoms with Gasteiger partial charge >= 0.3 is 0 Å². The van der Waals surface area contributed by atoms with Gasteiger partial charge in [-0.1, -0.05) is 18.2 Å². The number of hydrogen-bond donors (Lipinski definition) is 5. The standard InChI is InChI=1S/C27H29NO9/c1-10-5-4-6-13-18(10)25(33)21-20(23(13)31)24(32)14-8-27(35,12(3)29)9-16(19(14)26(21)34)37-17-7-15(28)22(30)11(2)36-17/h4-6,11,15-17,22,30,32,34-35H,7-9,28H2,1-3H3/t11?,15-,16+,17+,22-,27+/m1/s1. The van der Waals surface area contributed by atoms with Crippen molar-refractivity contribution in [2.24, 2.45) is 5.73 Å². The van der Waals surface area contributed by atoms with E-state index in [1.54, 1.807) is 26.0 Å². The third kappa shape index (κ3) is 3.79. The lowest BCUT2D eigenvalue weighted by Crippen LogP contribution is -2.52. The Morgan fingerprint density at radius 3 is 2.46 bits per heavy atom. The Hall–Kier alpha value is -3.15. The van der Waals surface area contributed by atoms with Crippen LogP contribution in [0.25, 0.3) is 0 Å². The molecule has 2 aliphatic carbocycles. The number of benzene rings is 2. The normalized spacial score (nSPS) is 30.9. The zero-order valence-electron chi connectivity index (χ0n) is 20.6. The minimum Gasteiger partial charge on any atom is -0.507 e. The van der Waals surface area contributed by atoms with Crippen molar-refractivity contribution in [1.29, 1.82) is 0 Å². The van der Waals surface area contributed by atoms with E-state index in [0.29, 0.717) is 5.56 Å². The SMILES string of the molecule is CC(=O)[C@]1(O)Cc2c(O)c3c(c(O)c2[C@@H](O[C@H]2C[C@@H](N)[C@H](O)C(C)O2)C1)C(=O)c1c(C)cccc1C3=O. The second-order valence-corrected chi connectivity index (χ2v) is 10.2. The monoisotopic (exact) mass is 511 g/mol. The quantitative estimate of drug-likeness (QED) is 0.322. The minimum atomic E-state index is -1.98. The fourth-order valence-corrected chi connectivity index (χ4v) is 5.69. The maximum Gasteiger partial charge on any atom is 0.198 e. The Balaban J connectivity index is 1.68. The Morgan fingerprint density at radius 1 is 1.14 bits per heavy atom. The second-order valence-electron chi connectivity index (χ2n) is 10.2. The van der Waals surface area contributed by atoms with Crippen LogP contribution in [-0.2, 0) is 20.7 Å². The number of phenols is 2. The number of nitrogens with two attached hydrogens (primary N) is 1. The molecule has 1 saturated heterocycles.